The number of aromatic amines is 1. The molecular formula is C20H22N6O3S. The molecule has 0 unspecified atom stereocenters. The molecule has 0 aliphatic carbocycles. The summed E-state index contributed by atoms with van der Waals surface area (Å²) in [4.78, 5) is 13.9. The molecule has 3 aliphatic rings. The summed E-state index contributed by atoms with van der Waals surface area (Å²) >= 11 is 0. The molecule has 1 N–H and O–H groups in total. The summed E-state index contributed by atoms with van der Waals surface area (Å²) in [5.74, 6) is 1.18. The van der Waals surface area contributed by atoms with Gasteiger partial charge in [0.1, 0.15) is 21.8 Å². The van der Waals surface area contributed by atoms with Gasteiger partial charge >= 0.3 is 0 Å². The van der Waals surface area contributed by atoms with E-state index in [-0.39, 0.29) is 0 Å². The van der Waals surface area contributed by atoms with Crippen molar-refractivity contribution in [3.63, 3.8) is 0 Å². The van der Waals surface area contributed by atoms with E-state index in [0.717, 1.165) is 53.3 Å². The van der Waals surface area contributed by atoms with E-state index < -0.39 is 14.6 Å². The van der Waals surface area contributed by atoms with Crippen LogP contribution in [0.2, 0.25) is 0 Å². The normalized spacial score (nSPS) is 22.1. The third-order valence-corrected chi connectivity index (χ3v) is 9.09. The number of H-pyrrole nitrogens is 1. The third kappa shape index (κ3) is 2.56. The molecule has 10 heteroatoms. The number of ether oxygens (including phenoxy) is 1. The van der Waals surface area contributed by atoms with E-state index in [1.165, 1.54) is 0 Å². The lowest BCUT2D eigenvalue weighted by molar-refractivity contribution is 0.122. The number of hydrogen-bond donors (Lipinski definition) is 1. The monoisotopic (exact) mass is 426 g/mol. The van der Waals surface area contributed by atoms with Crippen LogP contribution in [0.1, 0.15) is 6.42 Å². The SMILES string of the molecule is O=S1(=O)CCC12CN(c1cc(N3CCOCC3)nc3c(-c4ccn[nH]4)nccc13)C2. The minimum atomic E-state index is -2.96. The molecule has 3 fully saturated rings. The van der Waals surface area contributed by atoms with Gasteiger partial charge in [-0.3, -0.25) is 10.1 Å². The van der Waals surface area contributed by atoms with Crippen molar-refractivity contribution in [2.75, 3.05) is 54.9 Å². The van der Waals surface area contributed by atoms with Gasteiger partial charge in [0, 0.05) is 50.0 Å². The fourth-order valence-electron chi connectivity index (χ4n) is 4.65. The second-order valence-corrected chi connectivity index (χ2v) is 10.7. The van der Waals surface area contributed by atoms with Crippen LogP contribution in [0, 0.1) is 0 Å². The molecule has 1 spiro atoms. The van der Waals surface area contributed by atoms with E-state index in [1.54, 1.807) is 12.4 Å². The molecule has 30 heavy (non-hydrogen) atoms. The standard InChI is InChI=1S/C20H22N6O3S/c27-30(28)10-3-20(30)12-26(13-20)16-11-17(25-6-8-29-9-7-25)23-18-14(16)1-4-21-19(18)15-2-5-22-24-15/h1-2,4-5,11H,3,6-10,12-13H2,(H,22,24). The zero-order chi connectivity index (χ0) is 20.3. The topological polar surface area (TPSA) is 104 Å². The summed E-state index contributed by atoms with van der Waals surface area (Å²) in [6, 6.07) is 5.92. The number of sulfone groups is 1. The Bertz CT molecular complexity index is 1210. The number of nitrogens with zero attached hydrogens (tertiary/aromatic N) is 5. The molecule has 0 saturated carbocycles. The lowest BCUT2D eigenvalue weighted by Crippen LogP contribution is -2.72. The van der Waals surface area contributed by atoms with Gasteiger partial charge in [0.05, 0.1) is 30.3 Å². The van der Waals surface area contributed by atoms with Gasteiger partial charge in [0.25, 0.3) is 0 Å². The fourth-order valence-corrected chi connectivity index (χ4v) is 6.47. The average Bonchev–Trinajstić information content (AvgIpc) is 3.27. The summed E-state index contributed by atoms with van der Waals surface area (Å²) in [7, 11) is -2.96. The second kappa shape index (κ2) is 6.39. The molecule has 6 rings (SSSR count). The Balaban J connectivity index is 1.48. The highest BCUT2D eigenvalue weighted by Gasteiger charge is 2.59. The van der Waals surface area contributed by atoms with Crippen LogP contribution in [0.25, 0.3) is 22.3 Å². The van der Waals surface area contributed by atoms with Crippen LogP contribution >= 0.6 is 0 Å². The van der Waals surface area contributed by atoms with Gasteiger partial charge in [-0.15, -0.1) is 0 Å². The van der Waals surface area contributed by atoms with Gasteiger partial charge < -0.3 is 14.5 Å². The Morgan fingerprint density at radius 3 is 2.60 bits per heavy atom. The third-order valence-electron chi connectivity index (χ3n) is 6.57. The number of hydrogen-bond acceptors (Lipinski definition) is 8. The smallest absolute Gasteiger partial charge is 0.159 e. The molecule has 6 heterocycles. The maximum Gasteiger partial charge on any atom is 0.159 e. The molecule has 3 aromatic heterocycles. The van der Waals surface area contributed by atoms with Crippen molar-refractivity contribution in [1.82, 2.24) is 20.2 Å². The Hall–Kier alpha value is -2.72. The highest BCUT2D eigenvalue weighted by Crippen LogP contribution is 2.46. The average molecular weight is 427 g/mol. The van der Waals surface area contributed by atoms with Crippen LogP contribution in [-0.4, -0.2) is 78.5 Å². The first-order valence-electron chi connectivity index (χ1n) is 10.2. The predicted octanol–water partition coefficient (Wildman–Crippen LogP) is 1.23. The van der Waals surface area contributed by atoms with Crippen molar-refractivity contribution < 1.29 is 13.2 Å². The fraction of sp³-hybridized carbons (Fsp3) is 0.450. The first kappa shape index (κ1) is 18.1. The molecule has 0 aromatic carbocycles. The van der Waals surface area contributed by atoms with E-state index in [0.29, 0.717) is 32.1 Å². The summed E-state index contributed by atoms with van der Waals surface area (Å²) in [6.07, 6.45) is 4.23. The molecule has 3 aliphatic heterocycles. The van der Waals surface area contributed by atoms with Gasteiger partial charge in [-0.05, 0) is 18.6 Å². The van der Waals surface area contributed by atoms with Gasteiger partial charge in [0.2, 0.25) is 0 Å². The lowest BCUT2D eigenvalue weighted by Gasteiger charge is -2.55. The van der Waals surface area contributed by atoms with Crippen LogP contribution in [0.5, 0.6) is 0 Å². The van der Waals surface area contributed by atoms with Crippen molar-refractivity contribution in [2.45, 2.75) is 11.2 Å². The van der Waals surface area contributed by atoms with E-state index in [9.17, 15) is 8.42 Å². The largest absolute Gasteiger partial charge is 0.378 e. The lowest BCUT2D eigenvalue weighted by atomic mass is 9.93. The maximum absolute atomic E-state index is 12.3. The van der Waals surface area contributed by atoms with Gasteiger partial charge in [-0.25, -0.2) is 13.4 Å². The number of anilines is 2. The molecule has 0 bridgehead atoms. The molecule has 3 saturated heterocycles. The second-order valence-electron chi connectivity index (χ2n) is 8.23. The van der Waals surface area contributed by atoms with E-state index in [4.69, 9.17) is 9.72 Å². The van der Waals surface area contributed by atoms with Crippen molar-refractivity contribution in [2.24, 2.45) is 0 Å². The van der Waals surface area contributed by atoms with Crippen LogP contribution < -0.4 is 9.80 Å². The molecule has 156 valence electrons. The van der Waals surface area contributed by atoms with Crippen LogP contribution in [0.15, 0.2) is 30.6 Å². The van der Waals surface area contributed by atoms with E-state index in [2.05, 4.69) is 31.0 Å². The Labute approximate surface area is 174 Å². The summed E-state index contributed by atoms with van der Waals surface area (Å²) < 4.78 is 29.6. The van der Waals surface area contributed by atoms with E-state index in [1.807, 2.05) is 12.1 Å². The number of fused-ring (bicyclic) bond motifs is 1. The quantitative estimate of drug-likeness (QED) is 0.667. The van der Waals surface area contributed by atoms with Crippen LogP contribution in [-0.2, 0) is 14.6 Å². The number of morpholine rings is 1. The molecule has 3 aromatic rings. The number of rotatable bonds is 3. The molecule has 9 nitrogen and oxygen atoms in total. The molecule has 0 radical (unpaired) electrons. The molecule has 0 atom stereocenters. The van der Waals surface area contributed by atoms with Crippen molar-refractivity contribution in [1.29, 1.82) is 0 Å². The van der Waals surface area contributed by atoms with Crippen molar-refractivity contribution >= 4 is 32.2 Å². The summed E-state index contributed by atoms with van der Waals surface area (Å²) in [5.41, 5.74) is 3.35. The predicted molar refractivity (Wildman–Crippen MR) is 113 cm³/mol. The van der Waals surface area contributed by atoms with Gasteiger partial charge in [0.15, 0.2) is 9.84 Å². The van der Waals surface area contributed by atoms with Crippen LogP contribution in [0.4, 0.5) is 11.5 Å². The highest BCUT2D eigenvalue weighted by molar-refractivity contribution is 7.94. The Morgan fingerprint density at radius 2 is 1.93 bits per heavy atom. The number of nitrogens with one attached hydrogen (secondary N) is 1. The zero-order valence-corrected chi connectivity index (χ0v) is 17.2. The Kier molecular flexibility index (Phi) is 3.85. The minimum absolute atomic E-state index is 0.310. The van der Waals surface area contributed by atoms with E-state index >= 15 is 0 Å². The number of pyridine rings is 2. The van der Waals surface area contributed by atoms with Gasteiger partial charge in [-0.2, -0.15) is 5.10 Å². The zero-order valence-electron chi connectivity index (χ0n) is 16.4. The molecular weight excluding hydrogens is 404 g/mol. The Morgan fingerprint density at radius 1 is 1.10 bits per heavy atom. The summed E-state index contributed by atoms with van der Waals surface area (Å²) in [6.45, 7) is 3.96. The van der Waals surface area contributed by atoms with Crippen LogP contribution in [0.3, 0.4) is 0 Å². The highest BCUT2D eigenvalue weighted by atomic mass is 32.2. The first-order chi connectivity index (χ1) is 14.6. The first-order valence-corrected chi connectivity index (χ1v) is 11.8. The van der Waals surface area contributed by atoms with Crippen molar-refractivity contribution in [3.05, 3.63) is 30.6 Å². The minimum Gasteiger partial charge on any atom is -0.378 e. The maximum atomic E-state index is 12.3. The molecule has 0 amide bonds. The van der Waals surface area contributed by atoms with Crippen molar-refractivity contribution in [3.8, 4) is 11.4 Å². The number of aromatic nitrogens is 4. The van der Waals surface area contributed by atoms with Gasteiger partial charge in [-0.1, -0.05) is 0 Å². The summed E-state index contributed by atoms with van der Waals surface area (Å²) in [5, 5.41) is 8.01.